The van der Waals surface area contributed by atoms with Crippen molar-refractivity contribution >= 4 is 11.6 Å². The first-order valence-electron chi connectivity index (χ1n) is 7.77. The molecule has 3 rings (SSSR count). The maximum atomic E-state index is 4.64. The van der Waals surface area contributed by atoms with Gasteiger partial charge in [-0.25, -0.2) is 9.97 Å². The summed E-state index contributed by atoms with van der Waals surface area (Å²) in [5, 5.41) is 6.71. The Morgan fingerprint density at radius 2 is 1.76 bits per heavy atom. The molecule has 4 heteroatoms. The van der Waals surface area contributed by atoms with Crippen molar-refractivity contribution in [1.29, 1.82) is 0 Å². The maximum absolute atomic E-state index is 4.64. The highest BCUT2D eigenvalue weighted by Gasteiger charge is 2.20. The fraction of sp³-hybridized carbons (Fsp3) is 0.412. The minimum atomic E-state index is 0.767. The molecule has 1 aromatic heterocycles. The first-order valence-corrected chi connectivity index (χ1v) is 7.77. The number of nitrogens with one attached hydrogen (secondary N) is 2. The molecule has 0 saturated heterocycles. The smallest absolute Gasteiger partial charge is 0.163 e. The fourth-order valence-corrected chi connectivity index (χ4v) is 2.34. The highest BCUT2D eigenvalue weighted by atomic mass is 15.1. The number of hydrogen-bond acceptors (Lipinski definition) is 4. The second-order valence-electron chi connectivity index (χ2n) is 5.52. The van der Waals surface area contributed by atoms with Gasteiger partial charge in [0, 0.05) is 24.7 Å². The molecule has 0 atom stereocenters. The van der Waals surface area contributed by atoms with E-state index < -0.39 is 0 Å². The monoisotopic (exact) mass is 282 g/mol. The van der Waals surface area contributed by atoms with Crippen LogP contribution in [0, 0.1) is 5.92 Å². The number of benzene rings is 1. The summed E-state index contributed by atoms with van der Waals surface area (Å²) in [6.07, 6.45) is 4.02. The molecule has 0 bridgehead atoms. The van der Waals surface area contributed by atoms with E-state index in [0.29, 0.717) is 0 Å². The lowest BCUT2D eigenvalue weighted by atomic mass is 10.2. The Hall–Kier alpha value is -2.10. The predicted molar refractivity (Wildman–Crippen MR) is 87.5 cm³/mol. The molecular formula is C17H22N4. The van der Waals surface area contributed by atoms with Crippen molar-refractivity contribution in [3.63, 3.8) is 0 Å². The van der Waals surface area contributed by atoms with Gasteiger partial charge >= 0.3 is 0 Å². The van der Waals surface area contributed by atoms with E-state index >= 15 is 0 Å². The quantitative estimate of drug-likeness (QED) is 0.811. The van der Waals surface area contributed by atoms with Gasteiger partial charge in [0.1, 0.15) is 11.6 Å². The summed E-state index contributed by atoms with van der Waals surface area (Å²) in [7, 11) is 0. The van der Waals surface area contributed by atoms with E-state index in [0.717, 1.165) is 42.0 Å². The number of nitrogens with zero attached hydrogens (tertiary/aromatic N) is 2. The molecule has 0 spiro atoms. The van der Waals surface area contributed by atoms with Crippen molar-refractivity contribution in [3.8, 4) is 11.4 Å². The van der Waals surface area contributed by atoms with Gasteiger partial charge in [0.2, 0.25) is 0 Å². The molecule has 1 aliphatic carbocycles. The Kier molecular flexibility index (Phi) is 4.34. The fourth-order valence-electron chi connectivity index (χ4n) is 2.34. The Labute approximate surface area is 126 Å². The SMILES string of the molecule is CCNc1cc(NCCC2CC2)nc(-c2ccccc2)n1. The summed E-state index contributed by atoms with van der Waals surface area (Å²) in [6, 6.07) is 12.1. The van der Waals surface area contributed by atoms with Crippen LogP contribution in [-0.2, 0) is 0 Å². The van der Waals surface area contributed by atoms with Gasteiger partial charge in [0.05, 0.1) is 0 Å². The third-order valence-electron chi connectivity index (χ3n) is 3.67. The van der Waals surface area contributed by atoms with Crippen LogP contribution in [0.1, 0.15) is 26.2 Å². The van der Waals surface area contributed by atoms with Crippen LogP contribution < -0.4 is 10.6 Å². The van der Waals surface area contributed by atoms with Crippen molar-refractivity contribution in [3.05, 3.63) is 36.4 Å². The van der Waals surface area contributed by atoms with Crippen molar-refractivity contribution in [1.82, 2.24) is 9.97 Å². The zero-order chi connectivity index (χ0) is 14.5. The molecule has 0 unspecified atom stereocenters. The molecule has 1 saturated carbocycles. The first kappa shape index (κ1) is 13.9. The number of hydrogen-bond donors (Lipinski definition) is 2. The van der Waals surface area contributed by atoms with Gasteiger partial charge in [-0.15, -0.1) is 0 Å². The van der Waals surface area contributed by atoms with Gasteiger partial charge in [0.25, 0.3) is 0 Å². The molecule has 1 heterocycles. The van der Waals surface area contributed by atoms with E-state index in [4.69, 9.17) is 0 Å². The largest absolute Gasteiger partial charge is 0.370 e. The lowest BCUT2D eigenvalue weighted by molar-refractivity contribution is 0.758. The molecule has 1 fully saturated rings. The standard InChI is InChI=1S/C17H22N4/c1-2-18-15-12-16(19-11-10-13-8-9-13)21-17(20-15)14-6-4-3-5-7-14/h3-7,12-13H,2,8-11H2,1H3,(H2,18,19,20,21). The molecular weight excluding hydrogens is 260 g/mol. The number of rotatable bonds is 7. The Morgan fingerprint density at radius 1 is 1.05 bits per heavy atom. The lowest BCUT2D eigenvalue weighted by Gasteiger charge is -2.10. The highest BCUT2D eigenvalue weighted by Crippen LogP contribution is 2.32. The normalized spacial score (nSPS) is 14.0. The summed E-state index contributed by atoms with van der Waals surface area (Å²) in [5.41, 5.74) is 1.04. The van der Waals surface area contributed by atoms with Crippen LogP contribution in [-0.4, -0.2) is 23.1 Å². The predicted octanol–water partition coefficient (Wildman–Crippen LogP) is 3.79. The van der Waals surface area contributed by atoms with Gasteiger partial charge in [0.15, 0.2) is 5.82 Å². The van der Waals surface area contributed by atoms with Crippen LogP contribution in [0.15, 0.2) is 36.4 Å². The Balaban J connectivity index is 1.79. The third-order valence-corrected chi connectivity index (χ3v) is 3.67. The molecule has 4 nitrogen and oxygen atoms in total. The van der Waals surface area contributed by atoms with Gasteiger partial charge in [-0.3, -0.25) is 0 Å². The van der Waals surface area contributed by atoms with E-state index in [9.17, 15) is 0 Å². The second kappa shape index (κ2) is 6.57. The molecule has 1 aliphatic rings. The molecule has 0 amide bonds. The van der Waals surface area contributed by atoms with Crippen molar-refractivity contribution in [2.45, 2.75) is 26.2 Å². The van der Waals surface area contributed by atoms with E-state index in [1.807, 2.05) is 36.4 Å². The van der Waals surface area contributed by atoms with Crippen LogP contribution in [0.2, 0.25) is 0 Å². The van der Waals surface area contributed by atoms with Gasteiger partial charge in [-0.05, 0) is 19.3 Å². The van der Waals surface area contributed by atoms with Crippen LogP contribution >= 0.6 is 0 Å². The number of anilines is 2. The molecule has 21 heavy (non-hydrogen) atoms. The summed E-state index contributed by atoms with van der Waals surface area (Å²) in [6.45, 7) is 3.92. The first-order chi connectivity index (χ1) is 10.3. The van der Waals surface area contributed by atoms with Gasteiger partial charge < -0.3 is 10.6 Å². The Morgan fingerprint density at radius 3 is 2.43 bits per heavy atom. The molecule has 0 radical (unpaired) electrons. The summed E-state index contributed by atoms with van der Waals surface area (Å²) >= 11 is 0. The average molecular weight is 282 g/mol. The van der Waals surface area contributed by atoms with Gasteiger partial charge in [-0.2, -0.15) is 0 Å². The summed E-state index contributed by atoms with van der Waals surface area (Å²) in [5.74, 6) is 3.48. The minimum absolute atomic E-state index is 0.767. The lowest BCUT2D eigenvalue weighted by Crippen LogP contribution is -2.08. The maximum Gasteiger partial charge on any atom is 0.163 e. The average Bonchev–Trinajstić information content (AvgIpc) is 3.33. The van der Waals surface area contributed by atoms with Gasteiger partial charge in [-0.1, -0.05) is 43.2 Å². The minimum Gasteiger partial charge on any atom is -0.370 e. The molecule has 1 aromatic carbocycles. The van der Waals surface area contributed by atoms with E-state index in [1.165, 1.54) is 19.3 Å². The van der Waals surface area contributed by atoms with E-state index in [2.05, 4.69) is 27.5 Å². The van der Waals surface area contributed by atoms with Crippen molar-refractivity contribution in [2.75, 3.05) is 23.7 Å². The zero-order valence-corrected chi connectivity index (χ0v) is 12.5. The number of aromatic nitrogens is 2. The highest BCUT2D eigenvalue weighted by molar-refractivity contribution is 5.61. The Bertz CT molecular complexity index is 579. The zero-order valence-electron chi connectivity index (χ0n) is 12.5. The van der Waals surface area contributed by atoms with Crippen molar-refractivity contribution in [2.24, 2.45) is 5.92 Å². The second-order valence-corrected chi connectivity index (χ2v) is 5.52. The molecule has 2 aromatic rings. The molecule has 110 valence electrons. The topological polar surface area (TPSA) is 49.8 Å². The van der Waals surface area contributed by atoms with E-state index in [1.54, 1.807) is 0 Å². The van der Waals surface area contributed by atoms with Crippen LogP contribution in [0.25, 0.3) is 11.4 Å². The molecule has 0 aliphatic heterocycles. The van der Waals surface area contributed by atoms with Crippen LogP contribution in [0.5, 0.6) is 0 Å². The van der Waals surface area contributed by atoms with Crippen molar-refractivity contribution < 1.29 is 0 Å². The van der Waals surface area contributed by atoms with Crippen LogP contribution in [0.4, 0.5) is 11.6 Å². The van der Waals surface area contributed by atoms with E-state index in [-0.39, 0.29) is 0 Å². The summed E-state index contributed by atoms with van der Waals surface area (Å²) in [4.78, 5) is 9.23. The molecule has 2 N–H and O–H groups in total. The van der Waals surface area contributed by atoms with Crippen LogP contribution in [0.3, 0.4) is 0 Å². The third kappa shape index (κ3) is 3.94. The summed E-state index contributed by atoms with van der Waals surface area (Å²) < 4.78 is 0.